The molecule has 0 bridgehead atoms. The van der Waals surface area contributed by atoms with Crippen LogP contribution in [0.15, 0.2) is 18.2 Å². The van der Waals surface area contributed by atoms with Crippen molar-refractivity contribution in [2.75, 3.05) is 13.1 Å². The number of benzene rings is 1. The molecule has 88 valence electrons. The van der Waals surface area contributed by atoms with Crippen molar-refractivity contribution in [3.63, 3.8) is 0 Å². The first-order valence-corrected chi connectivity index (χ1v) is 5.86. The minimum atomic E-state index is -0.236. The van der Waals surface area contributed by atoms with Gasteiger partial charge in [0, 0.05) is 36.3 Å². The number of nitrogens with zero attached hydrogens (tertiary/aromatic N) is 1. The van der Waals surface area contributed by atoms with Gasteiger partial charge in [-0.2, -0.15) is 0 Å². The van der Waals surface area contributed by atoms with Gasteiger partial charge in [0.2, 0.25) is 0 Å². The number of hydrogen-bond acceptors (Lipinski definition) is 2. The summed E-state index contributed by atoms with van der Waals surface area (Å²) in [5.41, 5.74) is 6.50. The van der Waals surface area contributed by atoms with Gasteiger partial charge in [-0.3, -0.25) is 4.90 Å². The molecule has 0 aliphatic carbocycles. The Morgan fingerprint density at radius 2 is 2.25 bits per heavy atom. The lowest BCUT2D eigenvalue weighted by atomic mass is 10.1. The first-order chi connectivity index (χ1) is 7.58. The molecule has 2 N–H and O–H groups in total. The lowest BCUT2D eigenvalue weighted by Gasteiger charge is -2.16. The summed E-state index contributed by atoms with van der Waals surface area (Å²) in [7, 11) is 0. The van der Waals surface area contributed by atoms with Crippen LogP contribution < -0.4 is 5.73 Å². The van der Waals surface area contributed by atoms with Gasteiger partial charge < -0.3 is 5.73 Å². The van der Waals surface area contributed by atoms with Crippen molar-refractivity contribution in [1.82, 2.24) is 4.90 Å². The minimum Gasteiger partial charge on any atom is -0.326 e. The second-order valence-corrected chi connectivity index (χ2v) is 4.94. The minimum absolute atomic E-state index is 0.186. The maximum Gasteiger partial charge on any atom is 0.129 e. The summed E-state index contributed by atoms with van der Waals surface area (Å²) in [4.78, 5) is 2.15. The van der Waals surface area contributed by atoms with Crippen LogP contribution in [0.1, 0.15) is 12.5 Å². The van der Waals surface area contributed by atoms with Crippen LogP contribution in [-0.2, 0) is 6.54 Å². The molecule has 2 atom stereocenters. The summed E-state index contributed by atoms with van der Waals surface area (Å²) in [5, 5.41) is 0.494. The molecule has 16 heavy (non-hydrogen) atoms. The smallest absolute Gasteiger partial charge is 0.129 e. The molecule has 1 aromatic carbocycles. The third-order valence-electron chi connectivity index (χ3n) is 3.19. The molecule has 0 aromatic heterocycles. The Morgan fingerprint density at radius 1 is 1.50 bits per heavy atom. The van der Waals surface area contributed by atoms with Crippen molar-refractivity contribution in [3.8, 4) is 0 Å². The highest BCUT2D eigenvalue weighted by Crippen LogP contribution is 2.23. The summed E-state index contributed by atoms with van der Waals surface area (Å²) in [5.74, 6) is 0.228. The molecule has 1 aromatic rings. The predicted octanol–water partition coefficient (Wildman–Crippen LogP) is 2.26. The van der Waals surface area contributed by atoms with Crippen LogP contribution >= 0.6 is 11.6 Å². The van der Waals surface area contributed by atoms with Crippen LogP contribution in [0.25, 0.3) is 0 Å². The van der Waals surface area contributed by atoms with Gasteiger partial charge in [-0.15, -0.1) is 0 Å². The standard InChI is InChI=1S/C12H16ClFN2/c1-8-5-16(7-12(8)15)6-9-10(13)3-2-4-11(9)14/h2-4,8,12H,5-7,15H2,1H3. The molecular formula is C12H16ClFN2. The summed E-state index contributed by atoms with van der Waals surface area (Å²) < 4.78 is 13.6. The Morgan fingerprint density at radius 3 is 2.81 bits per heavy atom. The lowest BCUT2D eigenvalue weighted by Crippen LogP contribution is -2.28. The van der Waals surface area contributed by atoms with E-state index >= 15 is 0 Å². The van der Waals surface area contributed by atoms with E-state index in [0.29, 0.717) is 23.0 Å². The summed E-state index contributed by atoms with van der Waals surface area (Å²) >= 11 is 5.98. The number of likely N-dealkylation sites (tertiary alicyclic amines) is 1. The molecule has 1 aliphatic heterocycles. The monoisotopic (exact) mass is 242 g/mol. The van der Waals surface area contributed by atoms with E-state index in [9.17, 15) is 4.39 Å². The van der Waals surface area contributed by atoms with Crippen molar-refractivity contribution < 1.29 is 4.39 Å². The fraction of sp³-hybridized carbons (Fsp3) is 0.500. The summed E-state index contributed by atoms with van der Waals surface area (Å²) in [6, 6.07) is 4.98. The van der Waals surface area contributed by atoms with Gasteiger partial charge in [0.05, 0.1) is 0 Å². The van der Waals surface area contributed by atoms with E-state index in [-0.39, 0.29) is 11.9 Å². The fourth-order valence-electron chi connectivity index (χ4n) is 2.13. The van der Waals surface area contributed by atoms with Gasteiger partial charge in [-0.25, -0.2) is 4.39 Å². The zero-order chi connectivity index (χ0) is 11.7. The van der Waals surface area contributed by atoms with Crippen molar-refractivity contribution >= 4 is 11.6 Å². The number of hydrogen-bond donors (Lipinski definition) is 1. The van der Waals surface area contributed by atoms with Crippen molar-refractivity contribution in [2.45, 2.75) is 19.5 Å². The molecule has 2 rings (SSSR count). The Kier molecular flexibility index (Phi) is 3.47. The van der Waals surface area contributed by atoms with Crippen LogP contribution in [0.4, 0.5) is 4.39 Å². The third-order valence-corrected chi connectivity index (χ3v) is 3.54. The first-order valence-electron chi connectivity index (χ1n) is 5.48. The zero-order valence-corrected chi connectivity index (χ0v) is 10.0. The highest BCUT2D eigenvalue weighted by molar-refractivity contribution is 6.31. The molecular weight excluding hydrogens is 227 g/mol. The Balaban J connectivity index is 2.10. The largest absolute Gasteiger partial charge is 0.326 e. The van der Waals surface area contributed by atoms with E-state index < -0.39 is 0 Å². The Hall–Kier alpha value is -0.640. The predicted molar refractivity (Wildman–Crippen MR) is 63.8 cm³/mol. The van der Waals surface area contributed by atoms with Gasteiger partial charge >= 0.3 is 0 Å². The quantitative estimate of drug-likeness (QED) is 0.862. The second-order valence-electron chi connectivity index (χ2n) is 4.54. The highest BCUT2D eigenvalue weighted by atomic mass is 35.5. The first kappa shape index (κ1) is 11.8. The molecule has 1 fully saturated rings. The maximum absolute atomic E-state index is 13.6. The van der Waals surface area contributed by atoms with Gasteiger partial charge in [-0.05, 0) is 18.1 Å². The Bertz CT molecular complexity index is 353. The summed E-state index contributed by atoms with van der Waals surface area (Å²) in [6.07, 6.45) is 0. The second kappa shape index (κ2) is 4.70. The highest BCUT2D eigenvalue weighted by Gasteiger charge is 2.27. The number of rotatable bonds is 2. The van der Waals surface area contributed by atoms with Gasteiger partial charge in [0.15, 0.2) is 0 Å². The SMILES string of the molecule is CC1CN(Cc2c(F)cccc2Cl)CC1N. The average molecular weight is 243 g/mol. The van der Waals surface area contributed by atoms with Gasteiger partial charge in [0.1, 0.15) is 5.82 Å². The third kappa shape index (κ3) is 2.37. The lowest BCUT2D eigenvalue weighted by molar-refractivity contribution is 0.313. The molecule has 1 heterocycles. The molecule has 0 amide bonds. The van der Waals surface area contributed by atoms with Crippen molar-refractivity contribution in [1.29, 1.82) is 0 Å². The zero-order valence-electron chi connectivity index (χ0n) is 9.29. The van der Waals surface area contributed by atoms with Crippen LogP contribution in [-0.4, -0.2) is 24.0 Å². The van der Waals surface area contributed by atoms with Crippen LogP contribution in [0.3, 0.4) is 0 Å². The molecule has 0 radical (unpaired) electrons. The molecule has 1 aliphatic rings. The van der Waals surface area contributed by atoms with Gasteiger partial charge in [0.25, 0.3) is 0 Å². The molecule has 4 heteroatoms. The molecule has 2 unspecified atom stereocenters. The average Bonchev–Trinajstić information content (AvgIpc) is 2.53. The van der Waals surface area contributed by atoms with Gasteiger partial charge in [-0.1, -0.05) is 24.6 Å². The number of nitrogens with two attached hydrogens (primary N) is 1. The molecule has 2 nitrogen and oxygen atoms in total. The number of halogens is 2. The molecule has 1 saturated heterocycles. The van der Waals surface area contributed by atoms with E-state index in [1.54, 1.807) is 12.1 Å². The van der Waals surface area contributed by atoms with Crippen LogP contribution in [0, 0.1) is 11.7 Å². The topological polar surface area (TPSA) is 29.3 Å². The van der Waals surface area contributed by atoms with E-state index in [4.69, 9.17) is 17.3 Å². The van der Waals surface area contributed by atoms with E-state index in [2.05, 4.69) is 11.8 Å². The van der Waals surface area contributed by atoms with E-state index in [1.807, 2.05) is 0 Å². The molecule has 0 saturated carbocycles. The molecule has 0 spiro atoms. The summed E-state index contributed by atoms with van der Waals surface area (Å²) in [6.45, 7) is 4.38. The van der Waals surface area contributed by atoms with Crippen molar-refractivity contribution in [3.05, 3.63) is 34.6 Å². The Labute approximate surface area is 100 Å². The normalized spacial score (nSPS) is 26.2. The van der Waals surface area contributed by atoms with E-state index in [1.165, 1.54) is 6.07 Å². The fourth-order valence-corrected chi connectivity index (χ4v) is 2.35. The maximum atomic E-state index is 13.6. The van der Waals surface area contributed by atoms with Crippen LogP contribution in [0.2, 0.25) is 5.02 Å². The van der Waals surface area contributed by atoms with Crippen molar-refractivity contribution in [2.24, 2.45) is 11.7 Å². The van der Waals surface area contributed by atoms with Crippen LogP contribution in [0.5, 0.6) is 0 Å². The van der Waals surface area contributed by atoms with E-state index in [0.717, 1.165) is 13.1 Å².